The summed E-state index contributed by atoms with van der Waals surface area (Å²) in [5.74, 6) is -1.65. The molecule has 14 heteroatoms. The monoisotopic (exact) mass is 1300 g/mol. The van der Waals surface area contributed by atoms with Gasteiger partial charge in [0.25, 0.3) is 0 Å². The normalized spacial score (nSPS) is 18.4. The number of halogens is 1. The largest absolute Gasteiger partial charge is 0.489 e. The third-order valence-corrected chi connectivity index (χ3v) is 18.2. The van der Waals surface area contributed by atoms with Crippen molar-refractivity contribution in [3.8, 4) is 5.75 Å². The Morgan fingerprint density at radius 3 is 1.09 bits per heavy atom. The summed E-state index contributed by atoms with van der Waals surface area (Å²) in [7, 11) is 0. The first-order valence-corrected chi connectivity index (χ1v) is 32.5. The number of carbonyl (C=O) groups excluding carboxylic acids is 6. The molecule has 0 spiro atoms. The summed E-state index contributed by atoms with van der Waals surface area (Å²) in [6.45, 7) is 6.59. The zero-order chi connectivity index (χ0) is 64.8. The SMILES string of the molecule is CC1=C(C(=O)OCc2ccccc2)C(c2ccccc2)C2=C(CCCC2=O)N1.CC1=C(C(=O)OCc2ccccc2)C(c2ccccc2Br)C2=C(CCCC2=O)N1.CC1=C(C(=O)OCc2ccccc2)C(c2ccccc2OCc2ccccc2)C2=C(CCCC2=O)N1. The average Bonchev–Trinajstić information content (AvgIpc) is 0.796. The van der Waals surface area contributed by atoms with Crippen molar-refractivity contribution in [3.63, 3.8) is 0 Å². The van der Waals surface area contributed by atoms with Crippen LogP contribution in [0, 0.1) is 0 Å². The van der Waals surface area contributed by atoms with Gasteiger partial charge in [0.15, 0.2) is 17.3 Å². The van der Waals surface area contributed by atoms with Gasteiger partial charge >= 0.3 is 17.9 Å². The van der Waals surface area contributed by atoms with Crippen LogP contribution >= 0.6 is 15.9 Å². The molecule has 3 aliphatic carbocycles. The molecule has 472 valence electrons. The van der Waals surface area contributed by atoms with Crippen molar-refractivity contribution < 1.29 is 47.7 Å². The van der Waals surface area contributed by atoms with Crippen molar-refractivity contribution in [1.29, 1.82) is 0 Å². The minimum absolute atomic E-state index is 0.0625. The second-order valence-electron chi connectivity index (χ2n) is 23.7. The second kappa shape index (κ2) is 30.5. The van der Waals surface area contributed by atoms with Crippen molar-refractivity contribution in [1.82, 2.24) is 16.0 Å². The highest BCUT2D eigenvalue weighted by molar-refractivity contribution is 9.10. The molecule has 0 aromatic heterocycles. The fourth-order valence-corrected chi connectivity index (χ4v) is 13.6. The minimum Gasteiger partial charge on any atom is -0.489 e. The first-order chi connectivity index (χ1) is 45.3. The van der Waals surface area contributed by atoms with E-state index in [2.05, 4.69) is 31.9 Å². The highest BCUT2D eigenvalue weighted by Crippen LogP contribution is 2.48. The van der Waals surface area contributed by atoms with E-state index in [1.807, 2.05) is 221 Å². The van der Waals surface area contributed by atoms with Crippen LogP contribution in [-0.4, -0.2) is 35.3 Å². The van der Waals surface area contributed by atoms with Crippen molar-refractivity contribution in [2.75, 3.05) is 0 Å². The average molecular weight is 1310 g/mol. The second-order valence-corrected chi connectivity index (χ2v) is 24.6. The van der Waals surface area contributed by atoms with Crippen LogP contribution in [0.1, 0.15) is 135 Å². The Bertz CT molecular complexity index is 4150. The molecule has 0 saturated carbocycles. The van der Waals surface area contributed by atoms with Crippen molar-refractivity contribution in [2.24, 2.45) is 0 Å². The number of ether oxygens (including phenoxy) is 4. The van der Waals surface area contributed by atoms with Crippen LogP contribution in [0.3, 0.4) is 0 Å². The summed E-state index contributed by atoms with van der Waals surface area (Å²) in [5.41, 5.74) is 15.0. The van der Waals surface area contributed by atoms with E-state index >= 15 is 0 Å². The number of hydrogen-bond donors (Lipinski definition) is 3. The van der Waals surface area contributed by atoms with Crippen molar-refractivity contribution >= 4 is 51.2 Å². The Hall–Kier alpha value is -9.92. The summed E-state index contributed by atoms with van der Waals surface area (Å²) in [5, 5.41) is 9.99. The quantitative estimate of drug-likeness (QED) is 0.0654. The third-order valence-electron chi connectivity index (χ3n) is 17.4. The lowest BCUT2D eigenvalue weighted by atomic mass is 9.75. The fourth-order valence-electron chi connectivity index (χ4n) is 13.1. The van der Waals surface area contributed by atoms with Crippen LogP contribution in [0.15, 0.2) is 272 Å². The number of Topliss-reactive ketones (excluding diaryl/α,β-unsaturated/α-hetero) is 3. The molecule has 0 saturated heterocycles. The molecular formula is C79H74BrN3O10. The lowest BCUT2D eigenvalue weighted by molar-refractivity contribution is -0.141. The highest BCUT2D eigenvalue weighted by Gasteiger charge is 2.43. The van der Waals surface area contributed by atoms with Crippen molar-refractivity contribution in [3.05, 3.63) is 311 Å². The zero-order valence-electron chi connectivity index (χ0n) is 52.4. The topological polar surface area (TPSA) is 175 Å². The molecule has 13 nitrogen and oxygen atoms in total. The molecule has 7 aromatic carbocycles. The summed E-state index contributed by atoms with van der Waals surface area (Å²) in [4.78, 5) is 78.8. The number of dihydropyridines is 3. The Kier molecular flexibility index (Phi) is 21.2. The van der Waals surface area contributed by atoms with E-state index in [4.69, 9.17) is 18.9 Å². The standard InChI is InChI=1S/C31H29NO4.C24H22BrNO3.C24H23NO3/c1-21-28(31(34)36-20-23-13-6-3-7-14-23)29(30-25(32-21)16-10-17-26(30)33)24-15-8-9-18-27(24)35-19-22-11-4-2-5-12-22;1-15-21(24(28)29-14-16-8-3-2-4-9-16)22(17-10-5-6-11-18(17)25)23-19(26-15)12-7-13-20(23)27;1-16-21(24(27)28-15-17-9-4-2-5-10-17)22(18-11-6-3-7-12-18)23-19(25-16)13-8-14-20(23)26/h2-9,11-15,18,29,32H,10,16-17,19-20H2,1H3;2-6,8-11,22,26H,7,12-14H2,1H3;2-7,9-12,22,25H,8,13-15H2,1H3. The van der Waals surface area contributed by atoms with Crippen LogP contribution in [0.2, 0.25) is 0 Å². The van der Waals surface area contributed by atoms with Gasteiger partial charge in [-0.15, -0.1) is 0 Å². The molecule has 6 aliphatic rings. The number of esters is 3. The van der Waals surface area contributed by atoms with Gasteiger partial charge in [-0.2, -0.15) is 0 Å². The molecular weight excluding hydrogens is 1230 g/mol. The molecule has 13 rings (SSSR count). The maximum atomic E-state index is 13.5. The number of carbonyl (C=O) groups is 6. The van der Waals surface area contributed by atoms with E-state index < -0.39 is 23.8 Å². The number of benzene rings is 7. The minimum atomic E-state index is -0.552. The molecule has 93 heavy (non-hydrogen) atoms. The predicted molar refractivity (Wildman–Crippen MR) is 360 cm³/mol. The summed E-state index contributed by atoms with van der Waals surface area (Å²) >= 11 is 3.61. The Morgan fingerprint density at radius 2 is 0.688 bits per heavy atom. The Labute approximate surface area is 551 Å². The fraction of sp³-hybridized carbons (Fsp3) is 0.241. The van der Waals surface area contributed by atoms with Crippen LogP contribution in [0.25, 0.3) is 0 Å². The number of nitrogens with one attached hydrogen (secondary N) is 3. The molecule has 0 fully saturated rings. The van der Waals surface area contributed by atoms with E-state index in [-0.39, 0.29) is 49.1 Å². The molecule has 0 bridgehead atoms. The van der Waals surface area contributed by atoms with Gasteiger partial charge in [0.05, 0.1) is 22.6 Å². The molecule has 3 atom stereocenters. The number of para-hydroxylation sites is 1. The molecule has 3 unspecified atom stereocenters. The smallest absolute Gasteiger partial charge is 0.337 e. The molecule has 3 aliphatic heterocycles. The van der Waals surface area contributed by atoms with Gasteiger partial charge in [0.1, 0.15) is 32.2 Å². The summed E-state index contributed by atoms with van der Waals surface area (Å²) in [6.07, 6.45) is 6.37. The van der Waals surface area contributed by atoms with Gasteiger partial charge in [-0.05, 0) is 105 Å². The van der Waals surface area contributed by atoms with Crippen LogP contribution < -0.4 is 20.7 Å². The first kappa shape index (κ1) is 64.6. The highest BCUT2D eigenvalue weighted by atomic mass is 79.9. The van der Waals surface area contributed by atoms with Gasteiger partial charge in [0, 0.05) is 92.0 Å². The van der Waals surface area contributed by atoms with E-state index in [0.717, 1.165) is 116 Å². The third kappa shape index (κ3) is 15.2. The lowest BCUT2D eigenvalue weighted by Crippen LogP contribution is -2.34. The van der Waals surface area contributed by atoms with E-state index in [1.54, 1.807) is 0 Å². The number of ketones is 3. The van der Waals surface area contributed by atoms with Gasteiger partial charge in [-0.1, -0.05) is 204 Å². The lowest BCUT2D eigenvalue weighted by Gasteiger charge is -2.34. The predicted octanol–water partition coefficient (Wildman–Crippen LogP) is 15.5. The molecule has 7 aromatic rings. The summed E-state index contributed by atoms with van der Waals surface area (Å²) < 4.78 is 24.2. The van der Waals surface area contributed by atoms with E-state index in [0.29, 0.717) is 65.2 Å². The molecule has 3 heterocycles. The van der Waals surface area contributed by atoms with E-state index in [9.17, 15) is 28.8 Å². The molecule has 0 amide bonds. The van der Waals surface area contributed by atoms with Crippen LogP contribution in [0.5, 0.6) is 5.75 Å². The van der Waals surface area contributed by atoms with Crippen LogP contribution in [0.4, 0.5) is 0 Å². The maximum Gasteiger partial charge on any atom is 0.337 e. The van der Waals surface area contributed by atoms with E-state index in [1.165, 1.54) is 0 Å². The molecule has 0 radical (unpaired) electrons. The number of hydrogen-bond acceptors (Lipinski definition) is 13. The molecule has 3 N–H and O–H groups in total. The van der Waals surface area contributed by atoms with Crippen molar-refractivity contribution in [2.45, 2.75) is 123 Å². The maximum absolute atomic E-state index is 13.5. The van der Waals surface area contributed by atoms with Gasteiger partial charge in [-0.25, -0.2) is 14.4 Å². The number of allylic oxidation sites excluding steroid dienone is 9. The van der Waals surface area contributed by atoms with Gasteiger partial charge < -0.3 is 34.9 Å². The summed E-state index contributed by atoms with van der Waals surface area (Å²) in [6, 6.07) is 63.9. The van der Waals surface area contributed by atoms with Gasteiger partial charge in [-0.3, -0.25) is 14.4 Å². The first-order valence-electron chi connectivity index (χ1n) is 31.7. The zero-order valence-corrected chi connectivity index (χ0v) is 54.0. The Balaban J connectivity index is 0.000000144. The van der Waals surface area contributed by atoms with Gasteiger partial charge in [0.2, 0.25) is 0 Å². The number of rotatable bonds is 15. The van der Waals surface area contributed by atoms with Crippen LogP contribution in [-0.2, 0) is 69.4 Å². The Morgan fingerprint density at radius 1 is 0.376 bits per heavy atom.